The molecule has 2 rings (SSSR count). The molecule has 2 aromatic carbocycles. The number of hydrogen-bond acceptors (Lipinski definition) is 4. The second kappa shape index (κ2) is 8.69. The largest absolute Gasteiger partial charge is 0.495 e. The molecule has 0 saturated carbocycles. The number of carbonyl (C=O) groups excluding carboxylic acids is 1. The molecule has 0 spiro atoms. The van der Waals surface area contributed by atoms with E-state index >= 15 is 0 Å². The Morgan fingerprint density at radius 2 is 1.92 bits per heavy atom. The molecule has 0 fully saturated rings. The zero-order valence-corrected chi connectivity index (χ0v) is 15.1. The Labute approximate surface area is 151 Å². The zero-order valence-electron chi connectivity index (χ0n) is 14.3. The van der Waals surface area contributed by atoms with Gasteiger partial charge < -0.3 is 14.8 Å². The second-order valence-electron chi connectivity index (χ2n) is 5.54. The lowest BCUT2D eigenvalue weighted by Crippen LogP contribution is -2.30. The summed E-state index contributed by atoms with van der Waals surface area (Å²) in [7, 11) is 4.78. The number of carbonyl (C=O) groups is 1. The summed E-state index contributed by atoms with van der Waals surface area (Å²) in [5, 5.41) is 3.13. The molecule has 0 radical (unpaired) electrons. The smallest absolute Gasteiger partial charge is 0.238 e. The highest BCUT2D eigenvalue weighted by atomic mass is 35.5. The molecule has 0 aliphatic rings. The van der Waals surface area contributed by atoms with E-state index in [1.54, 1.807) is 30.1 Å². The van der Waals surface area contributed by atoms with Crippen LogP contribution in [0.25, 0.3) is 0 Å². The number of hydrogen-bond donors (Lipinski definition) is 1. The van der Waals surface area contributed by atoms with Crippen LogP contribution in [0.3, 0.4) is 0 Å². The third-order valence-corrected chi connectivity index (χ3v) is 3.80. The second-order valence-corrected chi connectivity index (χ2v) is 5.94. The standard InChI is InChI=1S/C18H20ClFN2O3/c1-22(10-12-5-4-6-13(20)7-12)11-18(23)21-15-8-14(19)16(24-2)9-17(15)25-3/h4-9H,10-11H2,1-3H3,(H,21,23). The molecule has 134 valence electrons. The number of benzene rings is 2. The number of nitrogens with zero attached hydrogens (tertiary/aromatic N) is 1. The fraction of sp³-hybridized carbons (Fsp3) is 0.278. The topological polar surface area (TPSA) is 50.8 Å². The Hall–Kier alpha value is -2.31. The van der Waals surface area contributed by atoms with Crippen LogP contribution >= 0.6 is 11.6 Å². The zero-order chi connectivity index (χ0) is 18.4. The van der Waals surface area contributed by atoms with E-state index in [1.807, 2.05) is 6.07 Å². The minimum atomic E-state index is -0.298. The monoisotopic (exact) mass is 366 g/mol. The molecule has 1 N–H and O–H groups in total. The maximum atomic E-state index is 13.2. The highest BCUT2D eigenvalue weighted by Crippen LogP contribution is 2.35. The van der Waals surface area contributed by atoms with Gasteiger partial charge in [0, 0.05) is 12.6 Å². The number of nitrogens with one attached hydrogen (secondary N) is 1. The summed E-state index contributed by atoms with van der Waals surface area (Å²) in [6.07, 6.45) is 0. The van der Waals surface area contributed by atoms with Crippen LogP contribution in [-0.4, -0.2) is 38.6 Å². The third-order valence-electron chi connectivity index (χ3n) is 3.50. The van der Waals surface area contributed by atoms with Crippen LogP contribution < -0.4 is 14.8 Å². The molecule has 5 nitrogen and oxygen atoms in total. The Morgan fingerprint density at radius 1 is 1.20 bits per heavy atom. The first kappa shape index (κ1) is 19.0. The molecule has 0 aliphatic carbocycles. The highest BCUT2D eigenvalue weighted by Gasteiger charge is 2.14. The molecule has 7 heteroatoms. The highest BCUT2D eigenvalue weighted by molar-refractivity contribution is 6.32. The number of likely N-dealkylation sites (N-methyl/N-ethyl adjacent to an activating group) is 1. The van der Waals surface area contributed by atoms with Crippen molar-refractivity contribution in [2.75, 3.05) is 33.1 Å². The van der Waals surface area contributed by atoms with E-state index in [2.05, 4.69) is 5.32 Å². The summed E-state index contributed by atoms with van der Waals surface area (Å²) in [5.41, 5.74) is 1.25. The van der Waals surface area contributed by atoms with Crippen molar-refractivity contribution in [1.82, 2.24) is 4.90 Å². The molecular weight excluding hydrogens is 347 g/mol. The van der Waals surface area contributed by atoms with Crippen molar-refractivity contribution in [2.45, 2.75) is 6.54 Å². The first-order valence-corrected chi connectivity index (χ1v) is 7.95. The van der Waals surface area contributed by atoms with E-state index in [9.17, 15) is 9.18 Å². The number of rotatable bonds is 7. The van der Waals surface area contributed by atoms with Crippen LogP contribution in [0.15, 0.2) is 36.4 Å². The average Bonchev–Trinajstić information content (AvgIpc) is 2.54. The third kappa shape index (κ3) is 5.34. The Kier molecular flexibility index (Phi) is 6.61. The molecule has 0 bridgehead atoms. The van der Waals surface area contributed by atoms with E-state index in [4.69, 9.17) is 21.1 Å². The summed E-state index contributed by atoms with van der Waals surface area (Å²) in [5.74, 6) is 0.369. The summed E-state index contributed by atoms with van der Waals surface area (Å²) in [4.78, 5) is 14.0. The van der Waals surface area contributed by atoms with Gasteiger partial charge in [0.25, 0.3) is 0 Å². The van der Waals surface area contributed by atoms with Gasteiger partial charge in [-0.05, 0) is 30.8 Å². The van der Waals surface area contributed by atoms with Crippen LogP contribution in [0.1, 0.15) is 5.56 Å². The lowest BCUT2D eigenvalue weighted by atomic mass is 10.2. The SMILES string of the molecule is COc1cc(OC)c(NC(=O)CN(C)Cc2cccc(F)c2)cc1Cl. The van der Waals surface area contributed by atoms with Crippen molar-refractivity contribution in [3.05, 3.63) is 52.8 Å². The molecule has 0 atom stereocenters. The summed E-state index contributed by atoms with van der Waals surface area (Å²) in [6.45, 7) is 0.578. The van der Waals surface area contributed by atoms with Gasteiger partial charge >= 0.3 is 0 Å². The van der Waals surface area contributed by atoms with Crippen molar-refractivity contribution in [3.63, 3.8) is 0 Å². The van der Waals surface area contributed by atoms with Gasteiger partial charge in [-0.3, -0.25) is 9.69 Å². The molecule has 1 amide bonds. The summed E-state index contributed by atoms with van der Waals surface area (Å²) < 4.78 is 23.6. The minimum Gasteiger partial charge on any atom is -0.495 e. The number of halogens is 2. The first-order chi connectivity index (χ1) is 11.9. The molecule has 0 saturated heterocycles. The number of amides is 1. The maximum Gasteiger partial charge on any atom is 0.238 e. The summed E-state index contributed by atoms with van der Waals surface area (Å²) >= 11 is 6.09. The van der Waals surface area contributed by atoms with Gasteiger partial charge in [-0.1, -0.05) is 23.7 Å². The fourth-order valence-electron chi connectivity index (χ4n) is 2.40. The van der Waals surface area contributed by atoms with E-state index in [0.717, 1.165) is 5.56 Å². The van der Waals surface area contributed by atoms with Gasteiger partial charge in [0.1, 0.15) is 17.3 Å². The number of ether oxygens (including phenoxy) is 2. The van der Waals surface area contributed by atoms with Gasteiger partial charge in [0.2, 0.25) is 5.91 Å². The first-order valence-electron chi connectivity index (χ1n) is 7.57. The van der Waals surface area contributed by atoms with Gasteiger partial charge in [0.05, 0.1) is 31.5 Å². The van der Waals surface area contributed by atoms with Gasteiger partial charge in [-0.15, -0.1) is 0 Å². The maximum absolute atomic E-state index is 13.2. The van der Waals surface area contributed by atoms with Crippen LogP contribution in [0.5, 0.6) is 11.5 Å². The number of methoxy groups -OCH3 is 2. The van der Waals surface area contributed by atoms with Crippen molar-refractivity contribution >= 4 is 23.2 Å². The van der Waals surface area contributed by atoms with Crippen molar-refractivity contribution in [1.29, 1.82) is 0 Å². The Bertz CT molecular complexity index is 755. The lowest BCUT2D eigenvalue weighted by Gasteiger charge is -2.18. The predicted octanol–water partition coefficient (Wildman–Crippen LogP) is 3.57. The molecule has 2 aromatic rings. The normalized spacial score (nSPS) is 10.6. The molecule has 0 aliphatic heterocycles. The molecule has 25 heavy (non-hydrogen) atoms. The van der Waals surface area contributed by atoms with Crippen LogP contribution in [0.2, 0.25) is 5.02 Å². The number of anilines is 1. The minimum absolute atomic E-state index is 0.128. The predicted molar refractivity (Wildman–Crippen MR) is 95.9 cm³/mol. The van der Waals surface area contributed by atoms with Gasteiger partial charge in [-0.25, -0.2) is 4.39 Å². The average molecular weight is 367 g/mol. The van der Waals surface area contributed by atoms with Crippen molar-refractivity contribution in [2.24, 2.45) is 0 Å². The summed E-state index contributed by atoms with van der Waals surface area (Å²) in [6, 6.07) is 9.46. The van der Waals surface area contributed by atoms with E-state index in [0.29, 0.717) is 28.8 Å². The van der Waals surface area contributed by atoms with Crippen molar-refractivity contribution < 1.29 is 18.7 Å². The Morgan fingerprint density at radius 3 is 2.56 bits per heavy atom. The van der Waals surface area contributed by atoms with Gasteiger partial charge in [0.15, 0.2) is 0 Å². The van der Waals surface area contributed by atoms with E-state index < -0.39 is 0 Å². The van der Waals surface area contributed by atoms with Crippen LogP contribution in [-0.2, 0) is 11.3 Å². The van der Waals surface area contributed by atoms with Gasteiger partial charge in [-0.2, -0.15) is 0 Å². The molecular formula is C18H20ClFN2O3. The quantitative estimate of drug-likeness (QED) is 0.814. The van der Waals surface area contributed by atoms with Crippen LogP contribution in [0.4, 0.5) is 10.1 Å². The lowest BCUT2D eigenvalue weighted by molar-refractivity contribution is -0.117. The Balaban J connectivity index is 2.01. The molecule has 0 unspecified atom stereocenters. The van der Waals surface area contributed by atoms with Crippen LogP contribution in [0, 0.1) is 5.82 Å². The van der Waals surface area contributed by atoms with E-state index in [1.165, 1.54) is 26.4 Å². The fourth-order valence-corrected chi connectivity index (χ4v) is 2.64. The van der Waals surface area contributed by atoms with Crippen molar-refractivity contribution in [3.8, 4) is 11.5 Å². The van der Waals surface area contributed by atoms with E-state index in [-0.39, 0.29) is 18.3 Å². The molecule has 0 heterocycles. The molecule has 0 aromatic heterocycles.